The highest BCUT2D eigenvalue weighted by molar-refractivity contribution is 7.99. The Kier molecular flexibility index (Phi) is 8.08. The average Bonchev–Trinajstić information content (AvgIpc) is 2.87. The van der Waals surface area contributed by atoms with Crippen molar-refractivity contribution in [3.05, 3.63) is 125 Å². The van der Waals surface area contributed by atoms with Gasteiger partial charge in [0.25, 0.3) is 0 Å². The second-order valence-corrected chi connectivity index (χ2v) is 9.06. The molecule has 4 rings (SSSR count). The Labute approximate surface area is 208 Å². The molecule has 0 atom stereocenters. The zero-order chi connectivity index (χ0) is 23.8. The molecule has 3 nitrogen and oxygen atoms in total. The van der Waals surface area contributed by atoms with E-state index in [1.807, 2.05) is 54.6 Å². The fraction of sp³-hybridized carbons (Fsp3) is 0.0690. The van der Waals surface area contributed by atoms with Crippen LogP contribution in [0.25, 0.3) is 16.7 Å². The minimum atomic E-state index is -0.991. The lowest BCUT2D eigenvalue weighted by Crippen LogP contribution is -2.09. The van der Waals surface area contributed by atoms with Crippen LogP contribution in [0, 0.1) is 0 Å². The molecule has 0 saturated heterocycles. The minimum absolute atomic E-state index is 0.345. The number of carboxylic acid groups (broad SMARTS) is 1. The van der Waals surface area contributed by atoms with Crippen molar-refractivity contribution >= 4 is 34.9 Å². The van der Waals surface area contributed by atoms with Crippen LogP contribution in [0.1, 0.15) is 11.1 Å². The van der Waals surface area contributed by atoms with Gasteiger partial charge in [0.1, 0.15) is 5.75 Å². The van der Waals surface area contributed by atoms with E-state index in [1.54, 1.807) is 23.9 Å². The van der Waals surface area contributed by atoms with E-state index in [4.69, 9.17) is 21.4 Å². The van der Waals surface area contributed by atoms with Crippen LogP contribution in [-0.4, -0.2) is 23.4 Å². The first kappa shape index (κ1) is 23.7. The van der Waals surface area contributed by atoms with Crippen LogP contribution in [-0.2, 0) is 4.79 Å². The maximum absolute atomic E-state index is 10.6. The molecule has 0 fully saturated rings. The molecule has 0 bridgehead atoms. The normalized spacial score (nSPS) is 11.3. The molecule has 0 aliphatic heterocycles. The minimum Gasteiger partial charge on any atom is -0.482 e. The number of rotatable bonds is 9. The van der Waals surface area contributed by atoms with Gasteiger partial charge in [-0.3, -0.25) is 0 Å². The second-order valence-electron chi connectivity index (χ2n) is 7.53. The van der Waals surface area contributed by atoms with Crippen molar-refractivity contribution in [2.75, 3.05) is 12.4 Å². The number of benzene rings is 4. The fourth-order valence-electron chi connectivity index (χ4n) is 3.50. The summed E-state index contributed by atoms with van der Waals surface area (Å²) in [6.07, 6.45) is 2.22. The monoisotopic (exact) mass is 486 g/mol. The first-order chi connectivity index (χ1) is 16.6. The molecule has 1 N–H and O–H groups in total. The summed E-state index contributed by atoms with van der Waals surface area (Å²) in [4.78, 5) is 11.7. The molecule has 0 aliphatic carbocycles. The van der Waals surface area contributed by atoms with E-state index in [2.05, 4.69) is 42.5 Å². The van der Waals surface area contributed by atoms with Crippen molar-refractivity contribution < 1.29 is 14.6 Å². The van der Waals surface area contributed by atoms with Crippen molar-refractivity contribution in [1.29, 1.82) is 0 Å². The van der Waals surface area contributed by atoms with Gasteiger partial charge < -0.3 is 9.84 Å². The molecule has 0 amide bonds. The summed E-state index contributed by atoms with van der Waals surface area (Å²) >= 11 is 7.82. The highest BCUT2D eigenvalue weighted by atomic mass is 35.5. The maximum atomic E-state index is 10.6. The van der Waals surface area contributed by atoms with Crippen molar-refractivity contribution in [1.82, 2.24) is 0 Å². The number of carbonyl (C=O) groups is 1. The molecule has 0 radical (unpaired) electrons. The first-order valence-corrected chi connectivity index (χ1v) is 12.1. The molecule has 5 heteroatoms. The fourth-order valence-corrected chi connectivity index (χ4v) is 4.40. The Balaban J connectivity index is 1.52. The third-order valence-corrected chi connectivity index (χ3v) is 6.37. The Bertz CT molecular complexity index is 1250. The summed E-state index contributed by atoms with van der Waals surface area (Å²) in [5, 5.41) is 9.44. The Morgan fingerprint density at radius 2 is 1.38 bits per heavy atom. The number of halogens is 1. The van der Waals surface area contributed by atoms with Gasteiger partial charge in [-0.2, -0.15) is 0 Å². The van der Waals surface area contributed by atoms with Crippen LogP contribution >= 0.6 is 23.4 Å². The number of hydrogen-bond donors (Lipinski definition) is 1. The summed E-state index contributed by atoms with van der Waals surface area (Å²) < 4.78 is 5.20. The molecular weight excluding hydrogens is 464 g/mol. The maximum Gasteiger partial charge on any atom is 0.341 e. The third kappa shape index (κ3) is 6.53. The van der Waals surface area contributed by atoms with Gasteiger partial charge in [0, 0.05) is 15.7 Å². The number of ether oxygens (including phenoxy) is 1. The molecule has 0 aliphatic rings. The van der Waals surface area contributed by atoms with Gasteiger partial charge in [-0.05, 0) is 64.2 Å². The first-order valence-electron chi connectivity index (χ1n) is 10.8. The number of hydrogen-bond acceptors (Lipinski definition) is 3. The largest absolute Gasteiger partial charge is 0.482 e. The molecule has 4 aromatic carbocycles. The summed E-state index contributed by atoms with van der Waals surface area (Å²) in [6.45, 7) is -0.345. The summed E-state index contributed by atoms with van der Waals surface area (Å²) in [5.41, 5.74) is 5.76. The van der Waals surface area contributed by atoms with Crippen molar-refractivity contribution in [3.8, 4) is 16.9 Å². The van der Waals surface area contributed by atoms with Gasteiger partial charge in [0.15, 0.2) is 6.61 Å². The Morgan fingerprint density at radius 3 is 2.00 bits per heavy atom. The molecule has 170 valence electrons. The van der Waals surface area contributed by atoms with Crippen molar-refractivity contribution in [2.45, 2.75) is 4.90 Å². The van der Waals surface area contributed by atoms with Crippen LogP contribution < -0.4 is 4.74 Å². The quantitative estimate of drug-likeness (QED) is 0.246. The van der Waals surface area contributed by atoms with Gasteiger partial charge in [0.2, 0.25) is 0 Å². The van der Waals surface area contributed by atoms with Crippen LogP contribution in [0.2, 0.25) is 5.02 Å². The smallest absolute Gasteiger partial charge is 0.341 e. The molecule has 0 heterocycles. The third-order valence-electron chi connectivity index (χ3n) is 5.18. The van der Waals surface area contributed by atoms with Gasteiger partial charge in [-0.15, -0.1) is 11.8 Å². The Hall–Kier alpha value is -3.47. The molecule has 4 aromatic rings. The highest BCUT2D eigenvalue weighted by Gasteiger charge is 2.07. The number of thioether (sulfide) groups is 1. The zero-order valence-corrected chi connectivity index (χ0v) is 19.9. The van der Waals surface area contributed by atoms with Crippen LogP contribution in [0.5, 0.6) is 5.75 Å². The predicted octanol–water partition coefficient (Wildman–Crippen LogP) is 7.69. The van der Waals surface area contributed by atoms with Crippen molar-refractivity contribution in [2.24, 2.45) is 0 Å². The predicted molar refractivity (Wildman–Crippen MR) is 141 cm³/mol. The van der Waals surface area contributed by atoms with E-state index in [9.17, 15) is 4.79 Å². The van der Waals surface area contributed by atoms with Crippen LogP contribution in [0.3, 0.4) is 0 Å². The van der Waals surface area contributed by atoms with E-state index in [1.165, 1.54) is 11.1 Å². The second kappa shape index (κ2) is 11.6. The summed E-state index contributed by atoms with van der Waals surface area (Å²) in [7, 11) is 0. The molecular formula is C29H23ClO3S. The van der Waals surface area contributed by atoms with E-state index >= 15 is 0 Å². The molecule has 0 unspecified atom stereocenters. The lowest BCUT2D eigenvalue weighted by molar-refractivity contribution is -0.139. The van der Waals surface area contributed by atoms with Gasteiger partial charge >= 0.3 is 5.97 Å². The van der Waals surface area contributed by atoms with E-state index < -0.39 is 5.97 Å². The van der Waals surface area contributed by atoms with Crippen LogP contribution in [0.4, 0.5) is 0 Å². The van der Waals surface area contributed by atoms with Gasteiger partial charge in [0.05, 0.1) is 0 Å². The van der Waals surface area contributed by atoms with Gasteiger partial charge in [-0.25, -0.2) is 4.79 Å². The molecule has 0 aromatic heterocycles. The SMILES string of the molecule is O=C(O)COc1ccc(SC/C=C(\c2ccc(Cl)cc2)c2ccc(-c3ccccc3)cc2)cc1. The lowest BCUT2D eigenvalue weighted by Gasteiger charge is -2.11. The standard InChI is InChI=1S/C29H23ClO3S/c30-25-12-10-24(11-13-25)28(23-8-6-22(7-9-23)21-4-2-1-3-5-21)18-19-34-27-16-14-26(15-17-27)33-20-29(31)32/h1-18H,19-20H2,(H,31,32)/b28-18-. The van der Waals surface area contributed by atoms with E-state index in [0.29, 0.717) is 10.8 Å². The van der Waals surface area contributed by atoms with Crippen molar-refractivity contribution in [3.63, 3.8) is 0 Å². The number of carboxylic acids is 1. The number of aliphatic carboxylic acids is 1. The summed E-state index contributed by atoms with van der Waals surface area (Å²) in [6, 6.07) is 34.3. The average molecular weight is 487 g/mol. The lowest BCUT2D eigenvalue weighted by atomic mass is 9.95. The molecule has 0 spiro atoms. The van der Waals surface area contributed by atoms with Gasteiger partial charge in [-0.1, -0.05) is 84.4 Å². The molecule has 34 heavy (non-hydrogen) atoms. The molecule has 0 saturated carbocycles. The zero-order valence-electron chi connectivity index (χ0n) is 18.4. The summed E-state index contributed by atoms with van der Waals surface area (Å²) in [5.74, 6) is 0.325. The van der Waals surface area contributed by atoms with Crippen LogP contribution in [0.15, 0.2) is 114 Å². The topological polar surface area (TPSA) is 46.5 Å². The van der Waals surface area contributed by atoms with E-state index in [-0.39, 0.29) is 6.61 Å². The Morgan fingerprint density at radius 1 is 0.794 bits per heavy atom. The highest BCUT2D eigenvalue weighted by Crippen LogP contribution is 2.29. The van der Waals surface area contributed by atoms with E-state index in [0.717, 1.165) is 27.3 Å².